The van der Waals surface area contributed by atoms with E-state index in [0.29, 0.717) is 27.8 Å². The first kappa shape index (κ1) is 19.7. The molecule has 0 aliphatic heterocycles. The maximum absolute atomic E-state index is 12.5. The van der Waals surface area contributed by atoms with Gasteiger partial charge in [-0.15, -0.1) is 5.10 Å². The van der Waals surface area contributed by atoms with Gasteiger partial charge in [0.1, 0.15) is 0 Å². The molecule has 0 aliphatic rings. The number of rotatable bonds is 6. The maximum Gasteiger partial charge on any atom is 0.293 e. The minimum atomic E-state index is -0.561. The molecule has 0 bridgehead atoms. The summed E-state index contributed by atoms with van der Waals surface area (Å²) in [5.74, 6) is -0.397. The summed E-state index contributed by atoms with van der Waals surface area (Å²) < 4.78 is 5.88. The molecule has 1 amide bonds. The Morgan fingerprint density at radius 1 is 1.36 bits per heavy atom. The fourth-order valence-corrected chi connectivity index (χ4v) is 2.54. The molecular formula is C15H15Cl2N9O2. The lowest BCUT2D eigenvalue weighted by Gasteiger charge is -2.11. The number of hydrogen-bond acceptors (Lipinski definition) is 9. The lowest BCUT2D eigenvalue weighted by atomic mass is 10.2. The highest BCUT2D eigenvalue weighted by atomic mass is 35.5. The Kier molecular flexibility index (Phi) is 5.87. The smallest absolute Gasteiger partial charge is 0.293 e. The van der Waals surface area contributed by atoms with E-state index in [2.05, 4.69) is 35.8 Å². The number of nitrogens with two attached hydrogens (primary N) is 1. The summed E-state index contributed by atoms with van der Waals surface area (Å²) in [6, 6.07) is 4.95. The van der Waals surface area contributed by atoms with Crippen LogP contribution in [0, 0.1) is 0 Å². The van der Waals surface area contributed by atoms with Crippen LogP contribution < -0.4 is 11.2 Å². The fourth-order valence-electron chi connectivity index (χ4n) is 2.24. The van der Waals surface area contributed by atoms with E-state index in [1.807, 2.05) is 19.0 Å². The number of amides is 1. The Bertz CT molecular complexity index is 1030. The lowest BCUT2D eigenvalue weighted by molar-refractivity contribution is 0.0948. The van der Waals surface area contributed by atoms with Crippen LogP contribution in [0.2, 0.25) is 10.0 Å². The van der Waals surface area contributed by atoms with Gasteiger partial charge < -0.3 is 10.6 Å². The summed E-state index contributed by atoms with van der Waals surface area (Å²) in [6.45, 7) is 0.332. The molecule has 11 nitrogen and oxygen atoms in total. The van der Waals surface area contributed by atoms with Crippen molar-refractivity contribution >= 4 is 41.1 Å². The molecule has 0 saturated heterocycles. The monoisotopic (exact) mass is 423 g/mol. The van der Waals surface area contributed by atoms with E-state index in [0.717, 1.165) is 0 Å². The van der Waals surface area contributed by atoms with Crippen LogP contribution in [0.15, 0.2) is 27.9 Å². The number of anilines is 1. The molecule has 0 fully saturated rings. The lowest BCUT2D eigenvalue weighted by Crippen LogP contribution is -2.23. The van der Waals surface area contributed by atoms with Crippen LogP contribution in [0.4, 0.5) is 5.82 Å². The van der Waals surface area contributed by atoms with Crippen LogP contribution in [0.3, 0.4) is 0 Å². The van der Waals surface area contributed by atoms with Crippen molar-refractivity contribution in [1.29, 1.82) is 0 Å². The molecule has 2 aromatic heterocycles. The highest BCUT2D eigenvalue weighted by molar-refractivity contribution is 6.42. The van der Waals surface area contributed by atoms with E-state index >= 15 is 0 Å². The summed E-state index contributed by atoms with van der Waals surface area (Å²) in [5, 5.41) is 19.8. The number of carbonyl (C=O) groups excluding carboxylic acids is 1. The highest BCUT2D eigenvalue weighted by Gasteiger charge is 2.24. The van der Waals surface area contributed by atoms with Crippen molar-refractivity contribution in [2.75, 3.05) is 19.8 Å². The van der Waals surface area contributed by atoms with Crippen LogP contribution in [-0.4, -0.2) is 56.4 Å². The van der Waals surface area contributed by atoms with Gasteiger partial charge in [0.15, 0.2) is 5.69 Å². The van der Waals surface area contributed by atoms with Gasteiger partial charge in [-0.3, -0.25) is 4.79 Å². The van der Waals surface area contributed by atoms with E-state index in [9.17, 15) is 4.79 Å². The van der Waals surface area contributed by atoms with Gasteiger partial charge in [0.25, 0.3) is 5.91 Å². The second kappa shape index (κ2) is 8.33. The predicted octanol–water partition coefficient (Wildman–Crippen LogP) is 1.36. The highest BCUT2D eigenvalue weighted by Crippen LogP contribution is 2.21. The average molecular weight is 424 g/mol. The summed E-state index contributed by atoms with van der Waals surface area (Å²) in [5.41, 5.74) is 9.27. The van der Waals surface area contributed by atoms with Gasteiger partial charge in [-0.25, -0.2) is 10.1 Å². The summed E-state index contributed by atoms with van der Waals surface area (Å²) in [7, 11) is 3.65. The number of nitrogen functional groups attached to an aromatic ring is 1. The molecular weight excluding hydrogens is 409 g/mol. The second-order valence-electron chi connectivity index (χ2n) is 5.88. The van der Waals surface area contributed by atoms with Crippen molar-refractivity contribution in [2.45, 2.75) is 6.54 Å². The average Bonchev–Trinajstić information content (AvgIpc) is 3.23. The number of nitrogens with one attached hydrogen (secondary N) is 1. The number of halogens is 2. The van der Waals surface area contributed by atoms with E-state index in [1.54, 1.807) is 18.2 Å². The largest absolute Gasteiger partial charge is 0.378 e. The quantitative estimate of drug-likeness (QED) is 0.447. The van der Waals surface area contributed by atoms with Crippen LogP contribution in [0.25, 0.3) is 5.82 Å². The number of carbonyl (C=O) groups is 1. The normalized spacial score (nSPS) is 11.5. The Labute approximate surface area is 169 Å². The van der Waals surface area contributed by atoms with Crippen molar-refractivity contribution in [3.63, 3.8) is 0 Å². The van der Waals surface area contributed by atoms with E-state index in [4.69, 9.17) is 28.9 Å². The first-order chi connectivity index (χ1) is 13.4. The number of hydrazone groups is 1. The van der Waals surface area contributed by atoms with Crippen LogP contribution in [-0.2, 0) is 6.54 Å². The van der Waals surface area contributed by atoms with Crippen molar-refractivity contribution in [3.8, 4) is 5.82 Å². The van der Waals surface area contributed by atoms with Crippen molar-refractivity contribution in [1.82, 2.24) is 35.6 Å². The van der Waals surface area contributed by atoms with Gasteiger partial charge in [-0.1, -0.05) is 34.5 Å². The molecule has 2 heterocycles. The standard InChI is InChI=1S/C15H15Cl2N9O2/c1-25(2)7-11-12(20-24-26(11)14-13(18)22-28-23-14)15(27)21-19-6-8-3-4-9(16)10(17)5-8/h3-6H,7H2,1-2H3,(H2,18,22)(H,21,27). The molecule has 0 unspecified atom stereocenters. The van der Waals surface area contributed by atoms with Crippen LogP contribution in [0.1, 0.15) is 21.7 Å². The molecule has 3 rings (SSSR count). The molecule has 28 heavy (non-hydrogen) atoms. The maximum atomic E-state index is 12.5. The number of hydrogen-bond donors (Lipinski definition) is 2. The van der Waals surface area contributed by atoms with Gasteiger partial charge in [-0.2, -0.15) is 9.78 Å². The van der Waals surface area contributed by atoms with Gasteiger partial charge in [0, 0.05) is 6.54 Å². The number of aromatic nitrogens is 5. The van der Waals surface area contributed by atoms with Crippen molar-refractivity contribution in [2.24, 2.45) is 5.10 Å². The van der Waals surface area contributed by atoms with Gasteiger partial charge in [0.2, 0.25) is 11.6 Å². The molecule has 0 saturated carbocycles. The van der Waals surface area contributed by atoms with Crippen molar-refractivity contribution < 1.29 is 9.42 Å². The van der Waals surface area contributed by atoms with Crippen molar-refractivity contribution in [3.05, 3.63) is 45.2 Å². The molecule has 146 valence electrons. The van der Waals surface area contributed by atoms with Gasteiger partial charge >= 0.3 is 0 Å². The molecule has 0 spiro atoms. The minimum Gasteiger partial charge on any atom is -0.378 e. The van der Waals surface area contributed by atoms with Gasteiger partial charge in [-0.05, 0) is 42.1 Å². The third-order valence-electron chi connectivity index (χ3n) is 3.46. The zero-order valence-corrected chi connectivity index (χ0v) is 16.3. The zero-order valence-electron chi connectivity index (χ0n) is 14.8. The molecule has 3 N–H and O–H groups in total. The molecule has 0 atom stereocenters. The molecule has 0 radical (unpaired) electrons. The predicted molar refractivity (Wildman–Crippen MR) is 103 cm³/mol. The first-order valence-electron chi connectivity index (χ1n) is 7.83. The number of nitrogens with zero attached hydrogens (tertiary/aromatic N) is 7. The Hall–Kier alpha value is -3.02. The third-order valence-corrected chi connectivity index (χ3v) is 4.20. The molecule has 0 aliphatic carbocycles. The Morgan fingerprint density at radius 2 is 2.14 bits per heavy atom. The summed E-state index contributed by atoms with van der Waals surface area (Å²) in [6.07, 6.45) is 1.43. The first-order valence-corrected chi connectivity index (χ1v) is 8.58. The molecule has 13 heteroatoms. The molecule has 1 aromatic carbocycles. The number of benzene rings is 1. The van der Waals surface area contributed by atoms with Crippen LogP contribution >= 0.6 is 23.2 Å². The summed E-state index contributed by atoms with van der Waals surface area (Å²) in [4.78, 5) is 14.4. The van der Waals surface area contributed by atoms with E-state index < -0.39 is 5.91 Å². The van der Waals surface area contributed by atoms with E-state index in [1.165, 1.54) is 10.9 Å². The third kappa shape index (κ3) is 4.27. The zero-order chi connectivity index (χ0) is 20.3. The fraction of sp³-hybridized carbons (Fsp3) is 0.200. The SMILES string of the molecule is CN(C)Cc1c(C(=O)NN=Cc2ccc(Cl)c(Cl)c2)nnn1-c1nonc1N. The Morgan fingerprint density at radius 3 is 2.79 bits per heavy atom. The Balaban J connectivity index is 1.83. The van der Waals surface area contributed by atoms with E-state index in [-0.39, 0.29) is 17.3 Å². The minimum absolute atomic E-state index is 0.0227. The van der Waals surface area contributed by atoms with Crippen LogP contribution in [0.5, 0.6) is 0 Å². The molecule has 3 aromatic rings. The van der Waals surface area contributed by atoms with Gasteiger partial charge in [0.05, 0.1) is 22.0 Å². The summed E-state index contributed by atoms with van der Waals surface area (Å²) >= 11 is 11.8. The topological polar surface area (TPSA) is 140 Å². The second-order valence-corrected chi connectivity index (χ2v) is 6.69.